The maximum Gasteiger partial charge on any atom is 0.252 e. The second-order valence-corrected chi connectivity index (χ2v) is 7.87. The average molecular weight is 364 g/mol. The Labute approximate surface area is 154 Å². The lowest BCUT2D eigenvalue weighted by Gasteiger charge is -2.24. The minimum atomic E-state index is -0.206. The summed E-state index contributed by atoms with van der Waals surface area (Å²) in [6, 6.07) is 19.7. The molecule has 0 saturated carbocycles. The molecule has 5 heteroatoms. The molecule has 0 bridgehead atoms. The van der Waals surface area contributed by atoms with Gasteiger partial charge in [-0.05, 0) is 42.6 Å². The third-order valence-corrected chi connectivity index (χ3v) is 6.02. The SMILES string of the molecule is Cc1ccc(C(=O)NC2Sc3ccccc3N=C2c2cccs2)cc1. The number of carbonyl (C=O) groups excluding carboxylic acids is 1. The molecule has 1 aromatic heterocycles. The van der Waals surface area contributed by atoms with Gasteiger partial charge in [0.05, 0.1) is 16.3 Å². The average Bonchev–Trinajstić information content (AvgIpc) is 3.16. The van der Waals surface area contributed by atoms with E-state index in [1.807, 2.05) is 73.0 Å². The molecule has 1 atom stereocenters. The highest BCUT2D eigenvalue weighted by atomic mass is 32.2. The standard InChI is InChI=1S/C20H16N2OS2/c1-13-8-10-14(11-9-13)19(23)22-20-18(17-7-4-12-24-17)21-15-5-2-3-6-16(15)25-20/h2-12,20H,1H3,(H,22,23). The number of thioether (sulfide) groups is 1. The molecule has 1 aliphatic rings. The molecule has 1 aliphatic heterocycles. The third kappa shape index (κ3) is 3.38. The van der Waals surface area contributed by atoms with E-state index in [1.165, 1.54) is 0 Å². The monoisotopic (exact) mass is 364 g/mol. The molecular weight excluding hydrogens is 348 g/mol. The van der Waals surface area contributed by atoms with Crippen LogP contribution in [-0.2, 0) is 0 Å². The molecule has 1 N–H and O–H groups in total. The highest BCUT2D eigenvalue weighted by Gasteiger charge is 2.27. The van der Waals surface area contributed by atoms with E-state index in [9.17, 15) is 4.79 Å². The van der Waals surface area contributed by atoms with Crippen LogP contribution in [0.15, 0.2) is 75.9 Å². The molecule has 3 aromatic rings. The number of rotatable bonds is 3. The van der Waals surface area contributed by atoms with Crippen LogP contribution >= 0.6 is 23.1 Å². The van der Waals surface area contributed by atoms with E-state index in [1.54, 1.807) is 23.1 Å². The van der Waals surface area contributed by atoms with Gasteiger partial charge >= 0.3 is 0 Å². The molecular formula is C20H16N2OS2. The molecule has 0 aliphatic carbocycles. The predicted octanol–water partition coefficient (Wildman–Crippen LogP) is 5.04. The van der Waals surface area contributed by atoms with Crippen LogP contribution in [0.4, 0.5) is 5.69 Å². The first kappa shape index (κ1) is 16.1. The summed E-state index contributed by atoms with van der Waals surface area (Å²) < 4.78 is 0. The second kappa shape index (κ2) is 6.86. The number of fused-ring (bicyclic) bond motifs is 1. The van der Waals surface area contributed by atoms with Crippen LogP contribution in [0.25, 0.3) is 0 Å². The fourth-order valence-electron chi connectivity index (χ4n) is 2.63. The minimum absolute atomic E-state index is 0.0823. The summed E-state index contributed by atoms with van der Waals surface area (Å²) in [4.78, 5) is 19.7. The van der Waals surface area contributed by atoms with Crippen molar-refractivity contribution < 1.29 is 4.79 Å². The van der Waals surface area contributed by atoms with Crippen LogP contribution in [0.2, 0.25) is 0 Å². The molecule has 0 saturated heterocycles. The predicted molar refractivity (Wildman–Crippen MR) is 105 cm³/mol. The summed E-state index contributed by atoms with van der Waals surface area (Å²) in [5, 5.41) is 4.96. The van der Waals surface area contributed by atoms with Crippen LogP contribution in [-0.4, -0.2) is 17.0 Å². The molecule has 4 rings (SSSR count). The van der Waals surface area contributed by atoms with Crippen LogP contribution in [0.1, 0.15) is 20.8 Å². The number of benzene rings is 2. The van der Waals surface area contributed by atoms with Crippen LogP contribution < -0.4 is 5.32 Å². The quantitative estimate of drug-likeness (QED) is 0.707. The first-order valence-corrected chi connectivity index (χ1v) is 9.72. The van der Waals surface area contributed by atoms with Crippen LogP contribution in [0, 0.1) is 6.92 Å². The smallest absolute Gasteiger partial charge is 0.252 e. The molecule has 0 spiro atoms. The molecule has 3 nitrogen and oxygen atoms in total. The van der Waals surface area contributed by atoms with Gasteiger partial charge in [0, 0.05) is 10.5 Å². The van der Waals surface area contributed by atoms with E-state index in [0.29, 0.717) is 5.56 Å². The summed E-state index contributed by atoms with van der Waals surface area (Å²) in [5.74, 6) is -0.0823. The Morgan fingerprint density at radius 1 is 1.04 bits per heavy atom. The maximum atomic E-state index is 12.7. The minimum Gasteiger partial charge on any atom is -0.334 e. The molecule has 1 amide bonds. The van der Waals surface area contributed by atoms with Gasteiger partial charge in [0.2, 0.25) is 0 Å². The van der Waals surface area contributed by atoms with E-state index in [4.69, 9.17) is 4.99 Å². The van der Waals surface area contributed by atoms with E-state index >= 15 is 0 Å². The number of aliphatic imine (C=N–C) groups is 1. The van der Waals surface area contributed by atoms with Crippen molar-refractivity contribution in [2.45, 2.75) is 17.2 Å². The number of hydrogen-bond acceptors (Lipinski definition) is 4. The van der Waals surface area contributed by atoms with Gasteiger partial charge in [-0.3, -0.25) is 4.79 Å². The zero-order valence-electron chi connectivity index (χ0n) is 13.6. The summed E-state index contributed by atoms with van der Waals surface area (Å²) in [6.07, 6.45) is 0. The van der Waals surface area contributed by atoms with E-state index in [0.717, 1.165) is 26.7 Å². The first-order chi connectivity index (χ1) is 12.2. The number of para-hydroxylation sites is 1. The largest absolute Gasteiger partial charge is 0.334 e. The summed E-state index contributed by atoms with van der Waals surface area (Å²) >= 11 is 3.27. The first-order valence-electron chi connectivity index (χ1n) is 7.96. The highest BCUT2D eigenvalue weighted by molar-refractivity contribution is 8.01. The summed E-state index contributed by atoms with van der Waals surface area (Å²) in [5.41, 5.74) is 3.66. The third-order valence-electron chi connectivity index (χ3n) is 3.95. The number of amides is 1. The molecule has 0 radical (unpaired) electrons. The van der Waals surface area contributed by atoms with Gasteiger partial charge < -0.3 is 5.32 Å². The Morgan fingerprint density at radius 3 is 2.60 bits per heavy atom. The lowest BCUT2D eigenvalue weighted by Crippen LogP contribution is -2.39. The fourth-order valence-corrected chi connectivity index (χ4v) is 4.56. The van der Waals surface area contributed by atoms with Crippen LogP contribution in [0.5, 0.6) is 0 Å². The van der Waals surface area contributed by atoms with Crippen molar-refractivity contribution in [3.05, 3.63) is 82.0 Å². The number of hydrogen-bond donors (Lipinski definition) is 1. The number of aryl methyl sites for hydroxylation is 1. The van der Waals surface area contributed by atoms with Crippen molar-refractivity contribution >= 4 is 40.4 Å². The molecule has 25 heavy (non-hydrogen) atoms. The lowest BCUT2D eigenvalue weighted by atomic mass is 10.1. The van der Waals surface area contributed by atoms with Gasteiger partial charge in [-0.2, -0.15) is 0 Å². The zero-order valence-corrected chi connectivity index (χ0v) is 15.2. The van der Waals surface area contributed by atoms with E-state index in [2.05, 4.69) is 5.32 Å². The number of nitrogens with one attached hydrogen (secondary N) is 1. The normalized spacial score (nSPS) is 16.0. The second-order valence-electron chi connectivity index (χ2n) is 5.78. The number of carbonyl (C=O) groups is 1. The van der Waals surface area contributed by atoms with Crippen molar-refractivity contribution in [3.8, 4) is 0 Å². The van der Waals surface area contributed by atoms with Gasteiger partial charge in [0.1, 0.15) is 5.37 Å². The Hall–Kier alpha value is -2.37. The molecule has 124 valence electrons. The van der Waals surface area contributed by atoms with Crippen molar-refractivity contribution in [1.29, 1.82) is 0 Å². The topological polar surface area (TPSA) is 41.5 Å². The Kier molecular flexibility index (Phi) is 4.42. The highest BCUT2D eigenvalue weighted by Crippen LogP contribution is 2.38. The van der Waals surface area contributed by atoms with Crippen LogP contribution in [0.3, 0.4) is 0 Å². The Bertz CT molecular complexity index is 931. The molecule has 2 heterocycles. The van der Waals surface area contributed by atoms with E-state index in [-0.39, 0.29) is 11.3 Å². The summed E-state index contributed by atoms with van der Waals surface area (Å²) in [6.45, 7) is 2.01. The molecule has 1 unspecified atom stereocenters. The van der Waals surface area contributed by atoms with Crippen molar-refractivity contribution in [1.82, 2.24) is 5.32 Å². The van der Waals surface area contributed by atoms with Gasteiger partial charge in [0.15, 0.2) is 0 Å². The van der Waals surface area contributed by atoms with Gasteiger partial charge in [0.25, 0.3) is 5.91 Å². The van der Waals surface area contributed by atoms with E-state index < -0.39 is 0 Å². The Morgan fingerprint density at radius 2 is 1.84 bits per heavy atom. The summed E-state index contributed by atoms with van der Waals surface area (Å²) in [7, 11) is 0. The van der Waals surface area contributed by atoms with Gasteiger partial charge in [-0.15, -0.1) is 11.3 Å². The fraction of sp³-hybridized carbons (Fsp3) is 0.100. The maximum absolute atomic E-state index is 12.7. The van der Waals surface area contributed by atoms with Gasteiger partial charge in [-0.25, -0.2) is 4.99 Å². The van der Waals surface area contributed by atoms with Crippen molar-refractivity contribution in [2.24, 2.45) is 4.99 Å². The van der Waals surface area contributed by atoms with Crippen molar-refractivity contribution in [2.75, 3.05) is 0 Å². The Balaban J connectivity index is 1.66. The number of thiophene rings is 1. The molecule has 2 aromatic carbocycles. The van der Waals surface area contributed by atoms with Crippen molar-refractivity contribution in [3.63, 3.8) is 0 Å². The van der Waals surface area contributed by atoms with Gasteiger partial charge in [-0.1, -0.05) is 47.7 Å². The lowest BCUT2D eigenvalue weighted by molar-refractivity contribution is 0.0956. The number of nitrogens with zero attached hydrogens (tertiary/aromatic N) is 1. The zero-order chi connectivity index (χ0) is 17.2. The molecule has 0 fully saturated rings.